The van der Waals surface area contributed by atoms with Crippen molar-refractivity contribution in [1.82, 2.24) is 5.32 Å². The summed E-state index contributed by atoms with van der Waals surface area (Å²) >= 11 is 0. The van der Waals surface area contributed by atoms with Crippen LogP contribution in [-0.4, -0.2) is 21.9 Å². The molecule has 0 aliphatic rings. The topological polar surface area (TPSA) is 12.0 Å². The number of hydrogen-bond acceptors (Lipinski definition) is 1. The minimum atomic E-state index is -0.748. The molecule has 16 heavy (non-hydrogen) atoms. The molecule has 1 rings (SSSR count). The zero-order valence-electron chi connectivity index (χ0n) is 10.9. The summed E-state index contributed by atoms with van der Waals surface area (Å²) in [6.07, 6.45) is 1.33. The van der Waals surface area contributed by atoms with Gasteiger partial charge in [0.15, 0.2) is 0 Å². The predicted octanol–water partition coefficient (Wildman–Crippen LogP) is 2.53. The lowest BCUT2D eigenvalue weighted by atomic mass is 10.4. The first-order valence-electron chi connectivity index (χ1n) is 6.51. The molecule has 1 aromatic carbocycles. The fourth-order valence-corrected chi connectivity index (χ4v) is 5.34. The Hall–Kier alpha value is -0.603. The highest BCUT2D eigenvalue weighted by Crippen LogP contribution is 2.13. The summed E-state index contributed by atoms with van der Waals surface area (Å²) in [5, 5.41) is 5.05. The number of rotatable bonds is 7. The van der Waals surface area contributed by atoms with Gasteiger partial charge in [-0.15, -0.1) is 0 Å². The van der Waals surface area contributed by atoms with E-state index in [1.165, 1.54) is 19.0 Å². The van der Waals surface area contributed by atoms with Crippen LogP contribution in [0.15, 0.2) is 30.3 Å². The summed E-state index contributed by atoms with van der Waals surface area (Å²) in [6.45, 7) is 9.22. The zero-order valence-corrected chi connectivity index (χ0v) is 12.0. The first-order valence-corrected chi connectivity index (χ1v) is 8.57. The smallest absolute Gasteiger partial charge is 0.0733 e. The van der Waals surface area contributed by atoms with E-state index in [0.717, 1.165) is 12.1 Å². The summed E-state index contributed by atoms with van der Waals surface area (Å²) in [5.74, 6) is 0. The predicted molar refractivity (Wildman–Crippen MR) is 76.3 cm³/mol. The van der Waals surface area contributed by atoms with Crippen molar-refractivity contribution in [1.29, 1.82) is 0 Å². The van der Waals surface area contributed by atoms with Crippen LogP contribution >= 0.6 is 0 Å². The largest absolute Gasteiger partial charge is 0.317 e. The highest BCUT2D eigenvalue weighted by Gasteiger charge is 2.16. The maximum absolute atomic E-state index is 3.42. The van der Waals surface area contributed by atoms with Crippen molar-refractivity contribution in [2.75, 3.05) is 13.1 Å². The molecule has 1 nitrogen and oxygen atoms in total. The van der Waals surface area contributed by atoms with Crippen LogP contribution in [0, 0.1) is 0 Å². The monoisotopic (exact) mass is 235 g/mol. The van der Waals surface area contributed by atoms with Crippen molar-refractivity contribution in [2.45, 2.75) is 38.8 Å². The van der Waals surface area contributed by atoms with Crippen molar-refractivity contribution < 1.29 is 0 Å². The van der Waals surface area contributed by atoms with Gasteiger partial charge in [-0.25, -0.2) is 0 Å². The third-order valence-corrected chi connectivity index (χ3v) is 7.03. The molecule has 0 amide bonds. The Morgan fingerprint density at radius 1 is 1.19 bits per heavy atom. The Morgan fingerprint density at radius 3 is 2.44 bits per heavy atom. The molecule has 0 saturated heterocycles. The molecule has 0 spiro atoms. The molecule has 90 valence electrons. The van der Waals surface area contributed by atoms with E-state index in [-0.39, 0.29) is 0 Å². The maximum atomic E-state index is 3.42. The van der Waals surface area contributed by atoms with Gasteiger partial charge in [-0.05, 0) is 25.1 Å². The van der Waals surface area contributed by atoms with Gasteiger partial charge < -0.3 is 5.32 Å². The van der Waals surface area contributed by atoms with Gasteiger partial charge in [-0.2, -0.15) is 0 Å². The van der Waals surface area contributed by atoms with Crippen molar-refractivity contribution in [3.05, 3.63) is 30.3 Å². The lowest BCUT2D eigenvalue weighted by molar-refractivity contribution is 0.699. The van der Waals surface area contributed by atoms with E-state index in [1.807, 2.05) is 0 Å². The van der Waals surface area contributed by atoms with Crippen LogP contribution < -0.4 is 10.5 Å². The molecular weight excluding hydrogens is 210 g/mol. The van der Waals surface area contributed by atoms with Crippen LogP contribution in [0.1, 0.15) is 27.2 Å². The highest BCUT2D eigenvalue weighted by molar-refractivity contribution is 6.74. The fourth-order valence-electron chi connectivity index (χ4n) is 2.21. The van der Waals surface area contributed by atoms with Gasteiger partial charge in [0.05, 0.1) is 8.80 Å². The first kappa shape index (κ1) is 13.5. The summed E-state index contributed by atoms with van der Waals surface area (Å²) in [7, 11) is -0.748. The molecule has 0 heterocycles. The molecule has 1 atom stereocenters. The van der Waals surface area contributed by atoms with E-state index in [1.54, 1.807) is 5.19 Å². The van der Waals surface area contributed by atoms with Gasteiger partial charge in [0.1, 0.15) is 0 Å². The summed E-state index contributed by atoms with van der Waals surface area (Å²) in [4.78, 5) is 0. The van der Waals surface area contributed by atoms with E-state index in [2.05, 4.69) is 56.4 Å². The third-order valence-electron chi connectivity index (χ3n) is 3.15. The third kappa shape index (κ3) is 4.50. The Morgan fingerprint density at radius 2 is 1.88 bits per heavy atom. The average molecular weight is 235 g/mol. The van der Waals surface area contributed by atoms with Crippen LogP contribution in [0.2, 0.25) is 11.6 Å². The van der Waals surface area contributed by atoms with E-state index >= 15 is 0 Å². The Balaban J connectivity index is 2.49. The molecule has 2 heteroatoms. The Labute approximate surface area is 102 Å². The molecule has 0 radical (unpaired) electrons. The minimum absolute atomic E-state index is 0.748. The molecule has 0 bridgehead atoms. The van der Waals surface area contributed by atoms with Gasteiger partial charge in [0.25, 0.3) is 0 Å². The van der Waals surface area contributed by atoms with E-state index < -0.39 is 8.80 Å². The normalized spacial score (nSPS) is 13.0. The SMILES string of the molecule is CCNCCC[SiH](c1ccccc1)C(C)C. The Kier molecular flexibility index (Phi) is 6.42. The molecule has 0 aromatic heterocycles. The van der Waals surface area contributed by atoms with Crippen LogP contribution in [-0.2, 0) is 0 Å². The number of nitrogens with one attached hydrogen (secondary N) is 1. The molecule has 1 N–H and O–H groups in total. The van der Waals surface area contributed by atoms with Crippen molar-refractivity contribution in [2.24, 2.45) is 0 Å². The zero-order chi connectivity index (χ0) is 11.8. The fraction of sp³-hybridized carbons (Fsp3) is 0.571. The first-order chi connectivity index (χ1) is 7.75. The van der Waals surface area contributed by atoms with E-state index in [4.69, 9.17) is 0 Å². The van der Waals surface area contributed by atoms with Gasteiger partial charge in [-0.1, -0.05) is 62.3 Å². The van der Waals surface area contributed by atoms with Crippen LogP contribution in [0.5, 0.6) is 0 Å². The highest BCUT2D eigenvalue weighted by atomic mass is 28.3. The Bertz CT molecular complexity index is 271. The van der Waals surface area contributed by atoms with Crippen LogP contribution in [0.4, 0.5) is 0 Å². The number of benzene rings is 1. The van der Waals surface area contributed by atoms with Crippen molar-refractivity contribution >= 4 is 14.0 Å². The standard InChI is InChI=1S/C14H25NSi/c1-4-15-11-8-12-16(13(2)3)14-9-6-5-7-10-14/h5-7,9-10,13,15-16H,4,8,11-12H2,1-3H3. The van der Waals surface area contributed by atoms with E-state index in [0.29, 0.717) is 0 Å². The molecule has 1 aromatic rings. The second kappa shape index (κ2) is 7.63. The lowest BCUT2D eigenvalue weighted by Gasteiger charge is -2.19. The van der Waals surface area contributed by atoms with Crippen molar-refractivity contribution in [3.63, 3.8) is 0 Å². The summed E-state index contributed by atoms with van der Waals surface area (Å²) in [6, 6.07) is 12.6. The molecule has 0 aliphatic heterocycles. The lowest BCUT2D eigenvalue weighted by Crippen LogP contribution is -2.33. The maximum Gasteiger partial charge on any atom is 0.0733 e. The van der Waals surface area contributed by atoms with Crippen molar-refractivity contribution in [3.8, 4) is 0 Å². The van der Waals surface area contributed by atoms with Gasteiger partial charge in [-0.3, -0.25) is 0 Å². The van der Waals surface area contributed by atoms with Crippen LogP contribution in [0.3, 0.4) is 0 Å². The second-order valence-electron chi connectivity index (χ2n) is 4.76. The van der Waals surface area contributed by atoms with Gasteiger partial charge in [0.2, 0.25) is 0 Å². The van der Waals surface area contributed by atoms with Gasteiger partial charge in [0, 0.05) is 0 Å². The minimum Gasteiger partial charge on any atom is -0.317 e. The molecular formula is C14H25NSi. The second-order valence-corrected chi connectivity index (χ2v) is 8.55. The molecule has 0 aliphatic carbocycles. The molecule has 0 saturated carbocycles. The summed E-state index contributed by atoms with van der Waals surface area (Å²) < 4.78 is 0. The van der Waals surface area contributed by atoms with E-state index in [9.17, 15) is 0 Å². The molecule has 0 fully saturated rings. The summed E-state index contributed by atoms with van der Waals surface area (Å²) in [5.41, 5.74) is 0.865. The van der Waals surface area contributed by atoms with Gasteiger partial charge >= 0.3 is 0 Å². The average Bonchev–Trinajstić information content (AvgIpc) is 2.30. The molecule has 1 unspecified atom stereocenters. The number of hydrogen-bond donors (Lipinski definition) is 1. The van der Waals surface area contributed by atoms with Crippen LogP contribution in [0.25, 0.3) is 0 Å². The quantitative estimate of drug-likeness (QED) is 0.566.